The molecule has 1 aliphatic rings. The van der Waals surface area contributed by atoms with Crippen LogP contribution in [0.4, 0.5) is 0 Å². The number of aliphatic hydroxyl groups is 1. The molecule has 1 aromatic rings. The maximum atomic E-state index is 10.8. The van der Waals surface area contributed by atoms with Crippen LogP contribution in [0.25, 0.3) is 0 Å². The quantitative estimate of drug-likeness (QED) is 0.883. The van der Waals surface area contributed by atoms with E-state index in [1.165, 1.54) is 11.3 Å². The Bertz CT molecular complexity index is 487. The number of hydrogen-bond acceptors (Lipinski definition) is 3. The third-order valence-electron chi connectivity index (χ3n) is 4.59. The van der Waals surface area contributed by atoms with Crippen molar-refractivity contribution in [2.75, 3.05) is 0 Å². The Morgan fingerprint density at radius 1 is 1.58 bits per heavy atom. The lowest BCUT2D eigenvalue weighted by Crippen LogP contribution is -2.33. The Morgan fingerprint density at radius 2 is 2.32 bits per heavy atom. The normalized spacial score (nSPS) is 28.9. The first kappa shape index (κ1) is 14.6. The van der Waals surface area contributed by atoms with Crippen LogP contribution in [-0.4, -0.2) is 5.11 Å². The average molecular weight is 277 g/mol. The molecule has 0 saturated heterocycles. The molecule has 2 rings (SSSR count). The first-order valence-electron chi connectivity index (χ1n) is 7.18. The van der Waals surface area contributed by atoms with Crippen LogP contribution < -0.4 is 0 Å². The van der Waals surface area contributed by atoms with Crippen molar-refractivity contribution in [1.82, 2.24) is 0 Å². The molecule has 1 aliphatic carbocycles. The minimum Gasteiger partial charge on any atom is -0.387 e. The van der Waals surface area contributed by atoms with E-state index in [0.29, 0.717) is 5.92 Å². The number of rotatable bonds is 3. The van der Waals surface area contributed by atoms with Gasteiger partial charge >= 0.3 is 0 Å². The molecular formula is C16H23NOS. The summed E-state index contributed by atoms with van der Waals surface area (Å²) in [6, 6.07) is 4.53. The van der Waals surface area contributed by atoms with Gasteiger partial charge in [0.15, 0.2) is 0 Å². The molecule has 0 aliphatic heterocycles. The molecule has 19 heavy (non-hydrogen) atoms. The van der Waals surface area contributed by atoms with Crippen LogP contribution in [-0.2, 0) is 0 Å². The van der Waals surface area contributed by atoms with Gasteiger partial charge in [-0.15, -0.1) is 11.3 Å². The van der Waals surface area contributed by atoms with Crippen molar-refractivity contribution in [2.45, 2.75) is 59.0 Å². The maximum absolute atomic E-state index is 10.8. The van der Waals surface area contributed by atoms with Crippen molar-refractivity contribution in [3.8, 4) is 6.07 Å². The zero-order valence-electron chi connectivity index (χ0n) is 12.1. The van der Waals surface area contributed by atoms with E-state index in [2.05, 4.69) is 26.0 Å². The molecule has 1 fully saturated rings. The number of thiophene rings is 1. The molecule has 0 radical (unpaired) electrons. The molecule has 0 spiro atoms. The topological polar surface area (TPSA) is 44.0 Å². The van der Waals surface area contributed by atoms with Gasteiger partial charge in [0.25, 0.3) is 0 Å². The predicted molar refractivity (Wildman–Crippen MR) is 79.0 cm³/mol. The van der Waals surface area contributed by atoms with Gasteiger partial charge in [0, 0.05) is 9.75 Å². The summed E-state index contributed by atoms with van der Waals surface area (Å²) in [7, 11) is 0. The summed E-state index contributed by atoms with van der Waals surface area (Å²) in [5.41, 5.74) is 0.401. The van der Waals surface area contributed by atoms with Crippen molar-refractivity contribution in [1.29, 1.82) is 5.26 Å². The zero-order chi connectivity index (χ0) is 14.0. The van der Waals surface area contributed by atoms with Crippen LogP contribution in [0, 0.1) is 36.5 Å². The number of hydrogen-bond donors (Lipinski definition) is 1. The Morgan fingerprint density at radius 3 is 2.84 bits per heavy atom. The molecule has 3 atom stereocenters. The van der Waals surface area contributed by atoms with E-state index in [-0.39, 0.29) is 0 Å². The minimum absolute atomic E-state index is 0.572. The Kier molecular flexibility index (Phi) is 4.32. The second-order valence-corrected chi connectivity index (χ2v) is 7.37. The summed E-state index contributed by atoms with van der Waals surface area (Å²) >= 11 is 1.71. The molecule has 3 heteroatoms. The van der Waals surface area contributed by atoms with E-state index in [1.807, 2.05) is 6.92 Å². The van der Waals surface area contributed by atoms with Gasteiger partial charge in [-0.1, -0.05) is 26.2 Å². The van der Waals surface area contributed by atoms with Crippen LogP contribution >= 0.6 is 11.3 Å². The molecular weight excluding hydrogens is 254 g/mol. The molecule has 1 aromatic heterocycles. The van der Waals surface area contributed by atoms with Crippen molar-refractivity contribution < 1.29 is 5.11 Å². The van der Waals surface area contributed by atoms with Crippen LogP contribution in [0.1, 0.15) is 60.4 Å². The Hall–Kier alpha value is -0.850. The molecule has 3 unspecified atom stereocenters. The smallest absolute Gasteiger partial charge is 0.0987 e. The number of aliphatic hydroxyl groups excluding tert-OH is 1. The lowest BCUT2D eigenvalue weighted by molar-refractivity contribution is 0.0184. The highest BCUT2D eigenvalue weighted by molar-refractivity contribution is 7.12. The van der Waals surface area contributed by atoms with E-state index in [9.17, 15) is 10.4 Å². The SMILES string of the molecule is CCC1CCCC(C#N)(C(O)c2cc(C)sc2C)C1. The van der Waals surface area contributed by atoms with Gasteiger partial charge in [-0.25, -0.2) is 0 Å². The standard InChI is InChI=1S/C16H23NOS/c1-4-13-6-5-7-16(9-13,10-17)15(18)14-8-11(2)19-12(14)3/h8,13,15,18H,4-7,9H2,1-3H3. The largest absolute Gasteiger partial charge is 0.387 e. The Labute approximate surface area is 120 Å². The highest BCUT2D eigenvalue weighted by Crippen LogP contribution is 2.49. The maximum Gasteiger partial charge on any atom is 0.0987 e. The van der Waals surface area contributed by atoms with Gasteiger partial charge in [-0.3, -0.25) is 0 Å². The van der Waals surface area contributed by atoms with Gasteiger partial charge in [0.2, 0.25) is 0 Å². The molecule has 1 saturated carbocycles. The first-order chi connectivity index (χ1) is 9.02. The van der Waals surface area contributed by atoms with Crippen LogP contribution in [0.5, 0.6) is 0 Å². The summed E-state index contributed by atoms with van der Waals surface area (Å²) in [5, 5.41) is 20.5. The third-order valence-corrected chi connectivity index (χ3v) is 5.57. The van der Waals surface area contributed by atoms with Crippen LogP contribution in [0.15, 0.2) is 6.07 Å². The van der Waals surface area contributed by atoms with Crippen LogP contribution in [0.2, 0.25) is 0 Å². The summed E-state index contributed by atoms with van der Waals surface area (Å²) in [4.78, 5) is 2.36. The van der Waals surface area contributed by atoms with E-state index >= 15 is 0 Å². The molecule has 104 valence electrons. The van der Waals surface area contributed by atoms with Gasteiger partial charge in [0.05, 0.1) is 17.6 Å². The average Bonchev–Trinajstić information content (AvgIpc) is 2.76. The van der Waals surface area contributed by atoms with Crippen molar-refractivity contribution in [2.24, 2.45) is 11.3 Å². The fraction of sp³-hybridized carbons (Fsp3) is 0.688. The van der Waals surface area contributed by atoms with Gasteiger partial charge < -0.3 is 5.11 Å². The fourth-order valence-corrected chi connectivity index (χ4v) is 4.36. The lowest BCUT2D eigenvalue weighted by atomic mass is 9.65. The van der Waals surface area contributed by atoms with Gasteiger partial charge in [0.1, 0.15) is 0 Å². The van der Waals surface area contributed by atoms with E-state index in [4.69, 9.17) is 0 Å². The molecule has 1 heterocycles. The van der Waals surface area contributed by atoms with Crippen molar-refractivity contribution in [3.63, 3.8) is 0 Å². The summed E-state index contributed by atoms with van der Waals surface area (Å²) in [5.74, 6) is 0.586. The second kappa shape index (κ2) is 5.64. The van der Waals surface area contributed by atoms with E-state index < -0.39 is 11.5 Å². The molecule has 0 amide bonds. The highest BCUT2D eigenvalue weighted by Gasteiger charge is 2.43. The van der Waals surface area contributed by atoms with E-state index in [0.717, 1.165) is 36.1 Å². The van der Waals surface area contributed by atoms with Gasteiger partial charge in [-0.05, 0) is 44.2 Å². The van der Waals surface area contributed by atoms with E-state index in [1.54, 1.807) is 11.3 Å². The molecule has 1 N–H and O–H groups in total. The second-order valence-electron chi connectivity index (χ2n) is 5.91. The molecule has 2 nitrogen and oxygen atoms in total. The molecule has 0 bridgehead atoms. The van der Waals surface area contributed by atoms with Gasteiger partial charge in [-0.2, -0.15) is 5.26 Å². The number of aryl methyl sites for hydroxylation is 2. The van der Waals surface area contributed by atoms with Crippen molar-refractivity contribution in [3.05, 3.63) is 21.4 Å². The van der Waals surface area contributed by atoms with Crippen LogP contribution in [0.3, 0.4) is 0 Å². The zero-order valence-corrected chi connectivity index (χ0v) is 12.9. The summed E-state index contributed by atoms with van der Waals surface area (Å²) in [6.45, 7) is 6.29. The predicted octanol–water partition coefficient (Wildman–Crippen LogP) is 4.51. The molecule has 0 aromatic carbocycles. The number of nitrogens with zero attached hydrogens (tertiary/aromatic N) is 1. The summed E-state index contributed by atoms with van der Waals surface area (Å²) in [6.07, 6.45) is 4.42. The first-order valence-corrected chi connectivity index (χ1v) is 8.00. The Balaban J connectivity index is 2.31. The third kappa shape index (κ3) is 2.70. The monoisotopic (exact) mass is 277 g/mol. The minimum atomic E-state index is -0.628. The van der Waals surface area contributed by atoms with Crippen molar-refractivity contribution >= 4 is 11.3 Å². The lowest BCUT2D eigenvalue weighted by Gasteiger charge is -2.39. The highest BCUT2D eigenvalue weighted by atomic mass is 32.1. The number of nitriles is 1. The fourth-order valence-electron chi connectivity index (χ4n) is 3.40. The summed E-state index contributed by atoms with van der Waals surface area (Å²) < 4.78 is 0.